The molecule has 0 bridgehead atoms. The van der Waals surface area contributed by atoms with Crippen LogP contribution in [0.5, 0.6) is 0 Å². The molecule has 0 heterocycles. The Labute approximate surface area is 347 Å². The van der Waals surface area contributed by atoms with Gasteiger partial charge in [-0.25, -0.2) is 14.4 Å². The third kappa shape index (κ3) is 258. The van der Waals surface area contributed by atoms with Gasteiger partial charge in [0.05, 0.1) is 12.8 Å². The second kappa shape index (κ2) is 57.9. The maximum absolute atomic E-state index is 10.3. The van der Waals surface area contributed by atoms with Gasteiger partial charge in [-0.15, -0.1) is 12.4 Å². The molecule has 0 unspecified atom stereocenters. The summed E-state index contributed by atoms with van der Waals surface area (Å²) in [6, 6.07) is 0. The Balaban J connectivity index is -0.0000000102. The first-order valence-electron chi connectivity index (χ1n) is 7.03. The number of aliphatic hydroxyl groups is 1. The zero-order valence-electron chi connectivity index (χ0n) is 27.4. The molecule has 14 N–H and O–H groups in total. The zero-order chi connectivity index (χ0) is 29.5. The van der Waals surface area contributed by atoms with Crippen LogP contribution in [-0.4, -0.2) is 191 Å². The molecule has 0 aromatic carbocycles. The summed E-state index contributed by atoms with van der Waals surface area (Å²) < 4.78 is 31.6. The molecule has 258 valence electrons. The number of aliphatic carboxylic acids is 5. The third-order valence-corrected chi connectivity index (χ3v) is 1.29. The third-order valence-electron chi connectivity index (χ3n) is 1.29. The van der Waals surface area contributed by atoms with Crippen LogP contribution in [0.25, 0.3) is 0 Å². The number of carboxylic acid groups (broad SMARTS) is 9. The van der Waals surface area contributed by atoms with E-state index in [2.05, 4.69) is 0 Å². The predicted molar refractivity (Wildman–Crippen MR) is 134 cm³/mol. The molecule has 43 heavy (non-hydrogen) atoms. The van der Waals surface area contributed by atoms with Gasteiger partial charge in [0, 0.05) is 82.1 Å². The largest absolute Gasteiger partial charge is 2.00 e. The number of hydrogen-bond donors (Lipinski definition) is 12. The Bertz CT molecular complexity index is 745. The maximum atomic E-state index is 10.3. The van der Waals surface area contributed by atoms with E-state index in [1.54, 1.807) is 0 Å². The van der Waals surface area contributed by atoms with Crippen molar-refractivity contribution in [3.05, 3.63) is 0 Å². The minimum atomic E-state index is -4.67. The second-order valence-electron chi connectivity index (χ2n) is 4.53. The molecule has 31 heteroatoms. The minimum Gasteiger partial charge on any atom is -1.00 e. The Hall–Kier alpha value is 0.347. The fourth-order valence-corrected chi connectivity index (χ4v) is 0.714. The van der Waals surface area contributed by atoms with Crippen LogP contribution >= 0.6 is 12.4 Å². The molecule has 0 aliphatic carbocycles. The van der Waals surface area contributed by atoms with Crippen molar-refractivity contribution in [3.8, 4) is 0 Å². The van der Waals surface area contributed by atoms with Crippen LogP contribution in [-0.2, 0) is 103 Å². The minimum absolute atomic E-state index is 0. The molecule has 0 saturated heterocycles. The summed E-state index contributed by atoms with van der Waals surface area (Å²) in [6.07, 6.45) is -5.96. The topological polar surface area (TPSA) is 428 Å². The van der Waals surface area contributed by atoms with Crippen molar-refractivity contribution < 1.29 is 184 Å². The number of carbonyl (C=O) groups is 7. The van der Waals surface area contributed by atoms with Crippen LogP contribution in [0.4, 0.5) is 9.59 Å². The zero-order valence-corrected chi connectivity index (χ0v) is 32.0. The SMILES string of the molecule is CC(=O)O.CC(=O)O.Cl.O.O=C(O)CC(O)(CC(=O)O)C(=O)O.O=C(O)O.O=C(O)O.O=S(=O)(O)O.[H-].[H-].[H-].[H-].[H-].[H-].[Mg+2].[Mg+2].[Mg+2].[Mn].[Mn].[Mn].[Mn]. The molecule has 0 saturated carbocycles. The average molecular weight is 888 g/mol. The summed E-state index contributed by atoms with van der Waals surface area (Å²) in [7, 11) is -4.67. The summed E-state index contributed by atoms with van der Waals surface area (Å²) in [6.45, 7) is 2.17. The quantitative estimate of drug-likeness (QED) is 0.103. The Morgan fingerprint density at radius 2 is 0.674 bits per heavy atom. The van der Waals surface area contributed by atoms with Crippen molar-refractivity contribution in [3.63, 3.8) is 0 Å². The van der Waals surface area contributed by atoms with E-state index in [4.69, 9.17) is 87.8 Å². The van der Waals surface area contributed by atoms with Crippen LogP contribution in [0, 0.1) is 0 Å². The van der Waals surface area contributed by atoms with Gasteiger partial charge < -0.3 is 65.1 Å². The molecule has 0 atom stereocenters. The van der Waals surface area contributed by atoms with Gasteiger partial charge >= 0.3 is 110 Å². The molecule has 0 fully saturated rings. The van der Waals surface area contributed by atoms with Gasteiger partial charge in [-0.2, -0.15) is 8.42 Å². The monoisotopic (exact) mass is 886 g/mol. The van der Waals surface area contributed by atoms with E-state index in [0.29, 0.717) is 0 Å². The molecular formula is C12H31ClMg3Mn4O22S. The van der Waals surface area contributed by atoms with Crippen molar-refractivity contribution in [2.75, 3.05) is 0 Å². The smallest absolute Gasteiger partial charge is 1.00 e. The Kier molecular flexibility index (Phi) is 130. The van der Waals surface area contributed by atoms with Gasteiger partial charge in [0.2, 0.25) is 0 Å². The van der Waals surface area contributed by atoms with Gasteiger partial charge in [0.15, 0.2) is 5.60 Å². The Morgan fingerprint density at radius 3 is 0.721 bits per heavy atom. The van der Waals surface area contributed by atoms with E-state index in [-0.39, 0.29) is 164 Å². The number of halogens is 1. The van der Waals surface area contributed by atoms with Gasteiger partial charge in [-0.3, -0.25) is 28.3 Å². The van der Waals surface area contributed by atoms with E-state index in [0.717, 1.165) is 13.8 Å². The van der Waals surface area contributed by atoms with Gasteiger partial charge in [-0.05, 0) is 0 Å². The predicted octanol–water partition coefficient (Wildman–Crippen LogP) is -2.15. The number of carboxylic acids is 5. The van der Waals surface area contributed by atoms with Crippen LogP contribution in [0.3, 0.4) is 0 Å². The number of rotatable bonds is 5. The van der Waals surface area contributed by atoms with Crippen molar-refractivity contribution in [1.82, 2.24) is 0 Å². The van der Waals surface area contributed by atoms with Crippen molar-refractivity contribution in [2.24, 2.45) is 0 Å². The summed E-state index contributed by atoms with van der Waals surface area (Å²) in [4.78, 5) is 65.6. The van der Waals surface area contributed by atoms with Gasteiger partial charge in [0.1, 0.15) is 0 Å². The maximum Gasteiger partial charge on any atom is 2.00 e. The molecule has 4 radical (unpaired) electrons. The molecule has 0 aromatic heterocycles. The summed E-state index contributed by atoms with van der Waals surface area (Å²) in [5.74, 6) is -6.69. The summed E-state index contributed by atoms with van der Waals surface area (Å²) in [5.41, 5.74) is -2.74. The first-order valence-corrected chi connectivity index (χ1v) is 8.42. The molecule has 22 nitrogen and oxygen atoms in total. The van der Waals surface area contributed by atoms with Crippen LogP contribution in [0.1, 0.15) is 35.2 Å². The molecule has 0 aromatic rings. The van der Waals surface area contributed by atoms with E-state index in [1.165, 1.54) is 0 Å². The standard InChI is InChI=1S/C6H8O7.2C2H4O2.2CH2O3.ClH.3Mg.4Mn.H2O4S.H2O.6H/c7-3(8)1-6(13,5(11)12)2-4(9)10;2*1-2(3)4;2*2-1(3)4;;;;;;;;;1-5(2,3)4;;;;;;;/h13H,1-2H2,(H,7,8)(H,9,10)(H,11,12);2*1H3,(H,3,4);2*(H2,2,3,4);1H;;;;;;;;(H2,1,2,3,4);1H2;;;;;;/q;;;;;;3*+2;;;;;;;6*-1. The normalized spacial score (nSPS) is 6.91. The number of hydrogen-bond acceptors (Lipinski definition) is 10. The molecule has 0 aliphatic rings. The molecule has 0 aliphatic heterocycles. The van der Waals surface area contributed by atoms with Crippen LogP contribution < -0.4 is 0 Å². The molecule has 0 amide bonds. The fourth-order valence-electron chi connectivity index (χ4n) is 0.714. The van der Waals surface area contributed by atoms with Crippen LogP contribution in [0.15, 0.2) is 0 Å². The first-order chi connectivity index (χ1) is 14.7. The van der Waals surface area contributed by atoms with Crippen molar-refractivity contribution in [1.29, 1.82) is 0 Å². The van der Waals surface area contributed by atoms with E-state index >= 15 is 0 Å². The second-order valence-corrected chi connectivity index (χ2v) is 5.42. The van der Waals surface area contributed by atoms with E-state index in [9.17, 15) is 14.4 Å². The van der Waals surface area contributed by atoms with Gasteiger partial charge in [-0.1, -0.05) is 0 Å². The van der Waals surface area contributed by atoms with Crippen molar-refractivity contribution in [2.45, 2.75) is 32.3 Å². The van der Waals surface area contributed by atoms with Crippen LogP contribution in [0.2, 0.25) is 0 Å². The fraction of sp³-hybridized carbons (Fsp3) is 0.417. The van der Waals surface area contributed by atoms with E-state index in [1.807, 2.05) is 0 Å². The molecule has 0 rings (SSSR count). The van der Waals surface area contributed by atoms with Gasteiger partial charge in [0.25, 0.3) is 11.9 Å². The average Bonchev–Trinajstić information content (AvgIpc) is 2.40. The molecular weight excluding hydrogens is 856 g/mol. The summed E-state index contributed by atoms with van der Waals surface area (Å²) >= 11 is 0. The van der Waals surface area contributed by atoms with Crippen molar-refractivity contribution >= 4 is 134 Å². The summed E-state index contributed by atoms with van der Waals surface area (Å²) in [5, 5.41) is 76.5. The van der Waals surface area contributed by atoms with E-state index < -0.39 is 71.0 Å². The Morgan fingerprint density at radius 1 is 0.581 bits per heavy atom. The first kappa shape index (κ1) is 96.7. The molecule has 0 spiro atoms.